The average Bonchev–Trinajstić information content (AvgIpc) is 2.96. The molecule has 6 heteroatoms. The maximum Gasteiger partial charge on any atom is 0.161 e. The molecule has 0 aromatic heterocycles. The van der Waals surface area contributed by atoms with Crippen molar-refractivity contribution in [2.45, 2.75) is 55.7 Å². The predicted octanol–water partition coefficient (Wildman–Crippen LogP) is 7.48. The molecule has 1 aliphatic heterocycles. The molecule has 38 heavy (non-hydrogen) atoms. The average molecular weight is 536 g/mol. The van der Waals surface area contributed by atoms with Gasteiger partial charge in [0.15, 0.2) is 23.0 Å². The lowest BCUT2D eigenvalue weighted by Gasteiger charge is -2.29. The van der Waals surface area contributed by atoms with Gasteiger partial charge in [-0.1, -0.05) is 36.6 Å². The summed E-state index contributed by atoms with van der Waals surface area (Å²) in [5.41, 5.74) is 5.31. The molecule has 0 spiro atoms. The van der Waals surface area contributed by atoms with Gasteiger partial charge in [-0.05, 0) is 85.8 Å². The third kappa shape index (κ3) is 7.17. The van der Waals surface area contributed by atoms with Crippen LogP contribution in [0.15, 0.2) is 59.5 Å². The Labute approximate surface area is 232 Å². The number of hydrogen-bond donors (Lipinski definition) is 0. The fraction of sp³-hybridized carbons (Fsp3) is 0.438. The number of benzene rings is 3. The first-order valence-corrected chi connectivity index (χ1v) is 14.3. The normalized spacial score (nSPS) is 14.0. The third-order valence-corrected chi connectivity index (χ3v) is 8.65. The first-order valence-electron chi connectivity index (χ1n) is 13.5. The van der Waals surface area contributed by atoms with Crippen LogP contribution in [0, 0.1) is 6.92 Å². The number of nitrogens with zero attached hydrogens (tertiary/aromatic N) is 1. The van der Waals surface area contributed by atoms with E-state index in [1.165, 1.54) is 46.4 Å². The second-order valence-electron chi connectivity index (χ2n) is 9.89. The molecule has 1 aliphatic rings. The minimum Gasteiger partial charge on any atom is -0.493 e. The Bertz CT molecular complexity index is 1180. The van der Waals surface area contributed by atoms with E-state index in [0.717, 1.165) is 55.5 Å². The Morgan fingerprint density at radius 3 is 2.08 bits per heavy atom. The van der Waals surface area contributed by atoms with Gasteiger partial charge < -0.3 is 18.9 Å². The summed E-state index contributed by atoms with van der Waals surface area (Å²) in [5.74, 6) is 3.21. The predicted molar refractivity (Wildman–Crippen MR) is 156 cm³/mol. The number of ether oxygens (including phenoxy) is 4. The van der Waals surface area contributed by atoms with Gasteiger partial charge in [0.2, 0.25) is 0 Å². The highest BCUT2D eigenvalue weighted by atomic mass is 32.2. The number of unbranched alkanes of at least 4 members (excludes halogenated alkanes) is 2. The molecule has 4 rings (SSSR count). The number of aryl methyl sites for hydroxylation is 1. The molecule has 204 valence electrons. The van der Waals surface area contributed by atoms with Gasteiger partial charge in [-0.3, -0.25) is 4.90 Å². The highest BCUT2D eigenvalue weighted by Gasteiger charge is 2.20. The van der Waals surface area contributed by atoms with Crippen LogP contribution in [0.2, 0.25) is 0 Å². The summed E-state index contributed by atoms with van der Waals surface area (Å²) in [6.07, 6.45) is 5.79. The Balaban J connectivity index is 1.33. The summed E-state index contributed by atoms with van der Waals surface area (Å²) in [5, 5.41) is 0.363. The maximum atomic E-state index is 5.60. The first-order chi connectivity index (χ1) is 18.5. The Kier molecular flexibility index (Phi) is 10.2. The van der Waals surface area contributed by atoms with Crippen LogP contribution in [-0.2, 0) is 13.0 Å². The molecule has 0 bridgehead atoms. The third-order valence-electron chi connectivity index (χ3n) is 7.32. The fourth-order valence-electron chi connectivity index (χ4n) is 5.10. The monoisotopic (exact) mass is 535 g/mol. The van der Waals surface area contributed by atoms with Crippen molar-refractivity contribution in [3.05, 3.63) is 76.9 Å². The Morgan fingerprint density at radius 2 is 1.39 bits per heavy atom. The van der Waals surface area contributed by atoms with Crippen molar-refractivity contribution in [1.82, 2.24) is 4.90 Å². The van der Waals surface area contributed by atoms with E-state index in [2.05, 4.69) is 60.4 Å². The molecule has 0 saturated heterocycles. The van der Waals surface area contributed by atoms with Crippen LogP contribution >= 0.6 is 11.8 Å². The molecule has 5 nitrogen and oxygen atoms in total. The van der Waals surface area contributed by atoms with Gasteiger partial charge in [-0.25, -0.2) is 0 Å². The zero-order chi connectivity index (χ0) is 26.9. The molecule has 0 amide bonds. The van der Waals surface area contributed by atoms with Crippen molar-refractivity contribution >= 4 is 11.8 Å². The van der Waals surface area contributed by atoms with Crippen LogP contribution in [0.3, 0.4) is 0 Å². The molecule has 3 aromatic carbocycles. The van der Waals surface area contributed by atoms with Gasteiger partial charge in [0.05, 0.1) is 28.4 Å². The van der Waals surface area contributed by atoms with E-state index < -0.39 is 0 Å². The number of methoxy groups -OCH3 is 4. The summed E-state index contributed by atoms with van der Waals surface area (Å²) in [4.78, 5) is 3.87. The lowest BCUT2D eigenvalue weighted by molar-refractivity contribution is 0.246. The summed E-state index contributed by atoms with van der Waals surface area (Å²) < 4.78 is 22.1. The quantitative estimate of drug-likeness (QED) is 0.167. The van der Waals surface area contributed by atoms with E-state index in [9.17, 15) is 0 Å². The van der Waals surface area contributed by atoms with Gasteiger partial charge in [-0.15, -0.1) is 11.8 Å². The number of fused-ring (bicyclic) bond motifs is 1. The standard InChI is InChI=1S/C32H41NO4S/c1-23-10-13-27(14-11-23)38-32(25-12-15-28(34-2)29(20-25)35-3)9-7-6-8-17-33-18-16-24-19-30(36-4)31(37-5)21-26(24)22-33/h10-15,19-21,32H,6-9,16-18,22H2,1-5H3. The molecule has 0 aliphatic carbocycles. The lowest BCUT2D eigenvalue weighted by Crippen LogP contribution is -2.31. The molecule has 3 aromatic rings. The van der Waals surface area contributed by atoms with Crippen molar-refractivity contribution in [1.29, 1.82) is 0 Å². The van der Waals surface area contributed by atoms with Gasteiger partial charge in [0.1, 0.15) is 0 Å². The van der Waals surface area contributed by atoms with Gasteiger partial charge in [0.25, 0.3) is 0 Å². The van der Waals surface area contributed by atoms with Gasteiger partial charge in [-0.2, -0.15) is 0 Å². The Hall–Kier alpha value is -2.83. The second-order valence-corrected chi connectivity index (χ2v) is 11.2. The highest BCUT2D eigenvalue weighted by molar-refractivity contribution is 7.99. The molecular formula is C32H41NO4S. The smallest absolute Gasteiger partial charge is 0.161 e. The van der Waals surface area contributed by atoms with Crippen molar-refractivity contribution in [2.24, 2.45) is 0 Å². The minimum atomic E-state index is 0.363. The van der Waals surface area contributed by atoms with Crippen molar-refractivity contribution in [3.8, 4) is 23.0 Å². The molecule has 1 heterocycles. The Morgan fingerprint density at radius 1 is 0.737 bits per heavy atom. The van der Waals surface area contributed by atoms with Crippen LogP contribution in [0.25, 0.3) is 0 Å². The largest absolute Gasteiger partial charge is 0.493 e. The van der Waals surface area contributed by atoms with Crippen molar-refractivity contribution in [2.75, 3.05) is 41.5 Å². The van der Waals surface area contributed by atoms with Crippen LogP contribution < -0.4 is 18.9 Å². The first kappa shape index (κ1) is 28.2. The number of hydrogen-bond acceptors (Lipinski definition) is 6. The van der Waals surface area contributed by atoms with Crippen LogP contribution in [-0.4, -0.2) is 46.4 Å². The molecule has 1 atom stereocenters. The molecular weight excluding hydrogens is 494 g/mol. The van der Waals surface area contributed by atoms with E-state index in [-0.39, 0.29) is 0 Å². The van der Waals surface area contributed by atoms with E-state index in [1.54, 1.807) is 28.4 Å². The maximum absolute atomic E-state index is 5.60. The topological polar surface area (TPSA) is 40.2 Å². The van der Waals surface area contributed by atoms with Gasteiger partial charge >= 0.3 is 0 Å². The summed E-state index contributed by atoms with van der Waals surface area (Å²) in [6, 6.07) is 19.5. The zero-order valence-electron chi connectivity index (χ0n) is 23.4. The van der Waals surface area contributed by atoms with Crippen molar-refractivity contribution in [3.63, 3.8) is 0 Å². The van der Waals surface area contributed by atoms with Crippen LogP contribution in [0.4, 0.5) is 0 Å². The fourth-order valence-corrected chi connectivity index (χ4v) is 6.29. The lowest BCUT2D eigenvalue weighted by atomic mass is 9.98. The van der Waals surface area contributed by atoms with Crippen molar-refractivity contribution < 1.29 is 18.9 Å². The molecule has 1 unspecified atom stereocenters. The molecule has 0 saturated carbocycles. The minimum absolute atomic E-state index is 0.363. The van der Waals surface area contributed by atoms with Crippen LogP contribution in [0.1, 0.15) is 53.2 Å². The summed E-state index contributed by atoms with van der Waals surface area (Å²) in [7, 11) is 6.80. The van der Waals surface area contributed by atoms with E-state index in [4.69, 9.17) is 18.9 Å². The van der Waals surface area contributed by atoms with E-state index in [1.807, 2.05) is 17.8 Å². The van der Waals surface area contributed by atoms with E-state index in [0.29, 0.717) is 5.25 Å². The highest BCUT2D eigenvalue weighted by Crippen LogP contribution is 2.42. The summed E-state index contributed by atoms with van der Waals surface area (Å²) in [6.45, 7) is 5.34. The molecule has 0 fully saturated rings. The SMILES string of the molecule is COc1ccc(C(CCCCCN2CCc3cc(OC)c(OC)cc3C2)Sc2ccc(C)cc2)cc1OC. The second kappa shape index (κ2) is 13.8. The van der Waals surface area contributed by atoms with Gasteiger partial charge in [0, 0.05) is 23.2 Å². The number of thioether (sulfide) groups is 1. The molecule has 0 N–H and O–H groups in total. The number of rotatable bonds is 13. The van der Waals surface area contributed by atoms with E-state index >= 15 is 0 Å². The molecule has 0 radical (unpaired) electrons. The van der Waals surface area contributed by atoms with Crippen LogP contribution in [0.5, 0.6) is 23.0 Å². The zero-order valence-corrected chi connectivity index (χ0v) is 24.2. The summed E-state index contributed by atoms with van der Waals surface area (Å²) >= 11 is 1.94.